The van der Waals surface area contributed by atoms with Gasteiger partial charge in [0.1, 0.15) is 5.75 Å². The molecule has 2 aromatic carbocycles. The van der Waals surface area contributed by atoms with E-state index < -0.39 is 48.3 Å². The van der Waals surface area contributed by atoms with E-state index in [0.717, 1.165) is 12.5 Å². The van der Waals surface area contributed by atoms with Crippen molar-refractivity contribution in [2.45, 2.75) is 52.1 Å². The Kier molecular flexibility index (Phi) is 9.47. The van der Waals surface area contributed by atoms with Crippen molar-refractivity contribution in [3.8, 4) is 16.9 Å². The standard InChI is InChI=1S/C24H27F5O3/c1-3-5-6-17(24(27,28)29)13-15-32-23(30)20-12-11-19(21(25)22(20)26)16-7-9-18(10-8-16)31-14-4-2/h7-12,17H,3-6,13-15H2,1-2H3. The monoisotopic (exact) mass is 458 g/mol. The summed E-state index contributed by atoms with van der Waals surface area (Å²) < 4.78 is 78.5. The van der Waals surface area contributed by atoms with Crippen LogP contribution < -0.4 is 4.74 Å². The molecule has 3 nitrogen and oxygen atoms in total. The van der Waals surface area contributed by atoms with Gasteiger partial charge < -0.3 is 9.47 Å². The number of hydrogen-bond acceptors (Lipinski definition) is 3. The van der Waals surface area contributed by atoms with Crippen LogP contribution in [-0.4, -0.2) is 25.4 Å². The summed E-state index contributed by atoms with van der Waals surface area (Å²) in [7, 11) is 0. The average Bonchev–Trinajstić information content (AvgIpc) is 2.76. The molecule has 8 heteroatoms. The van der Waals surface area contributed by atoms with Gasteiger partial charge in [-0.3, -0.25) is 0 Å². The maximum atomic E-state index is 14.6. The highest BCUT2D eigenvalue weighted by Gasteiger charge is 2.38. The third-order valence-corrected chi connectivity index (χ3v) is 5.01. The Morgan fingerprint density at radius 3 is 2.19 bits per heavy atom. The third-order valence-electron chi connectivity index (χ3n) is 5.01. The first-order valence-electron chi connectivity index (χ1n) is 10.6. The summed E-state index contributed by atoms with van der Waals surface area (Å²) in [6.07, 6.45) is -3.07. The number of esters is 1. The van der Waals surface area contributed by atoms with Gasteiger partial charge in [0.15, 0.2) is 11.6 Å². The molecule has 2 aromatic rings. The Morgan fingerprint density at radius 1 is 0.906 bits per heavy atom. The molecule has 0 spiro atoms. The van der Waals surface area contributed by atoms with Gasteiger partial charge in [-0.1, -0.05) is 44.9 Å². The summed E-state index contributed by atoms with van der Waals surface area (Å²) in [5.41, 5.74) is -0.335. The second-order valence-corrected chi connectivity index (χ2v) is 7.47. The van der Waals surface area contributed by atoms with E-state index in [2.05, 4.69) is 0 Å². The van der Waals surface area contributed by atoms with Crippen molar-refractivity contribution in [1.82, 2.24) is 0 Å². The van der Waals surface area contributed by atoms with Crippen molar-refractivity contribution < 1.29 is 36.2 Å². The molecule has 0 bridgehead atoms. The maximum Gasteiger partial charge on any atom is 0.391 e. The molecule has 0 aliphatic rings. The largest absolute Gasteiger partial charge is 0.494 e. The van der Waals surface area contributed by atoms with Crippen molar-refractivity contribution >= 4 is 5.97 Å². The fourth-order valence-corrected chi connectivity index (χ4v) is 3.17. The van der Waals surface area contributed by atoms with Crippen molar-refractivity contribution in [2.24, 2.45) is 5.92 Å². The molecule has 0 radical (unpaired) electrons. The highest BCUT2D eigenvalue weighted by molar-refractivity contribution is 5.90. The van der Waals surface area contributed by atoms with Crippen molar-refractivity contribution in [2.75, 3.05) is 13.2 Å². The molecule has 0 aliphatic carbocycles. The van der Waals surface area contributed by atoms with E-state index in [0.29, 0.717) is 30.8 Å². The quantitative estimate of drug-likeness (QED) is 0.261. The van der Waals surface area contributed by atoms with Gasteiger partial charge in [-0.2, -0.15) is 13.2 Å². The lowest BCUT2D eigenvalue weighted by molar-refractivity contribution is -0.180. The van der Waals surface area contributed by atoms with Crippen LogP contribution in [-0.2, 0) is 4.74 Å². The van der Waals surface area contributed by atoms with Crippen LogP contribution in [0.15, 0.2) is 36.4 Å². The third kappa shape index (κ3) is 6.93. The van der Waals surface area contributed by atoms with Gasteiger partial charge in [-0.05, 0) is 43.0 Å². The molecule has 0 amide bonds. The van der Waals surface area contributed by atoms with Crippen LogP contribution in [0.25, 0.3) is 11.1 Å². The van der Waals surface area contributed by atoms with Crippen molar-refractivity contribution in [3.63, 3.8) is 0 Å². The summed E-state index contributed by atoms with van der Waals surface area (Å²) in [5.74, 6) is -4.86. The number of alkyl halides is 3. The Hall–Kier alpha value is -2.64. The lowest BCUT2D eigenvalue weighted by Gasteiger charge is -2.19. The molecule has 32 heavy (non-hydrogen) atoms. The molecule has 0 saturated carbocycles. The molecule has 0 aromatic heterocycles. The zero-order valence-electron chi connectivity index (χ0n) is 18.1. The van der Waals surface area contributed by atoms with Crippen LogP contribution in [0.5, 0.6) is 5.75 Å². The Labute approximate surface area is 184 Å². The number of hydrogen-bond donors (Lipinski definition) is 0. The summed E-state index contributed by atoms with van der Waals surface area (Å²) in [4.78, 5) is 12.1. The predicted octanol–water partition coefficient (Wildman–Crippen LogP) is 7.34. The normalized spacial score (nSPS) is 12.5. The highest BCUT2D eigenvalue weighted by atomic mass is 19.4. The number of benzene rings is 2. The fraction of sp³-hybridized carbons (Fsp3) is 0.458. The van der Waals surface area contributed by atoms with Gasteiger partial charge in [0, 0.05) is 5.56 Å². The minimum Gasteiger partial charge on any atom is -0.494 e. The lowest BCUT2D eigenvalue weighted by Crippen LogP contribution is -2.25. The molecule has 176 valence electrons. The summed E-state index contributed by atoms with van der Waals surface area (Å²) in [5, 5.41) is 0. The van der Waals surface area contributed by atoms with Crippen LogP contribution in [0.1, 0.15) is 56.3 Å². The van der Waals surface area contributed by atoms with E-state index in [-0.39, 0.29) is 12.0 Å². The first-order chi connectivity index (χ1) is 15.2. The smallest absolute Gasteiger partial charge is 0.391 e. The number of ether oxygens (including phenoxy) is 2. The van der Waals surface area contributed by atoms with Gasteiger partial charge >= 0.3 is 12.1 Å². The van der Waals surface area contributed by atoms with Crippen LogP contribution >= 0.6 is 0 Å². The van der Waals surface area contributed by atoms with Gasteiger partial charge in [0.2, 0.25) is 0 Å². The lowest BCUT2D eigenvalue weighted by atomic mass is 9.98. The first-order valence-corrected chi connectivity index (χ1v) is 10.6. The van der Waals surface area contributed by atoms with Gasteiger partial charge in [0.25, 0.3) is 0 Å². The summed E-state index contributed by atoms with van der Waals surface area (Å²) in [6.45, 7) is 3.74. The minimum atomic E-state index is -4.41. The van der Waals surface area contributed by atoms with Gasteiger partial charge in [0.05, 0.1) is 24.7 Å². The molecule has 0 aliphatic heterocycles. The van der Waals surface area contributed by atoms with Crippen LogP contribution in [0, 0.1) is 17.6 Å². The van der Waals surface area contributed by atoms with Crippen LogP contribution in [0.4, 0.5) is 22.0 Å². The number of carbonyl (C=O) groups is 1. The van der Waals surface area contributed by atoms with Crippen molar-refractivity contribution in [3.05, 3.63) is 53.6 Å². The van der Waals surface area contributed by atoms with Crippen molar-refractivity contribution in [1.29, 1.82) is 0 Å². The second kappa shape index (κ2) is 11.8. The van der Waals surface area contributed by atoms with E-state index in [9.17, 15) is 26.7 Å². The van der Waals surface area contributed by atoms with E-state index in [4.69, 9.17) is 9.47 Å². The van der Waals surface area contributed by atoms with Crippen LogP contribution in [0.3, 0.4) is 0 Å². The van der Waals surface area contributed by atoms with Gasteiger partial charge in [-0.25, -0.2) is 13.6 Å². The first kappa shape index (κ1) is 25.6. The molecule has 0 fully saturated rings. The minimum absolute atomic E-state index is 0.0576. The fourth-order valence-electron chi connectivity index (χ4n) is 3.17. The van der Waals surface area contributed by atoms with Gasteiger partial charge in [-0.15, -0.1) is 0 Å². The highest BCUT2D eigenvalue weighted by Crippen LogP contribution is 2.33. The van der Waals surface area contributed by atoms with E-state index in [1.807, 2.05) is 6.92 Å². The Morgan fingerprint density at radius 2 is 1.59 bits per heavy atom. The zero-order valence-corrected chi connectivity index (χ0v) is 18.1. The molecule has 1 unspecified atom stereocenters. The number of rotatable bonds is 11. The predicted molar refractivity (Wildman–Crippen MR) is 112 cm³/mol. The molecule has 0 saturated heterocycles. The summed E-state index contributed by atoms with van der Waals surface area (Å²) >= 11 is 0. The molecule has 0 heterocycles. The Balaban J connectivity index is 2.06. The molecular weight excluding hydrogens is 431 g/mol. The summed E-state index contributed by atoms with van der Waals surface area (Å²) in [6, 6.07) is 8.68. The Bertz CT molecular complexity index is 878. The van der Waals surface area contributed by atoms with E-state index >= 15 is 0 Å². The second-order valence-electron chi connectivity index (χ2n) is 7.47. The van der Waals surface area contributed by atoms with Crippen LogP contribution in [0.2, 0.25) is 0 Å². The van der Waals surface area contributed by atoms with E-state index in [1.165, 1.54) is 6.07 Å². The SMILES string of the molecule is CCCCC(CCOC(=O)c1ccc(-c2ccc(OCCC)cc2)c(F)c1F)C(F)(F)F. The zero-order chi connectivity index (χ0) is 23.7. The number of carbonyl (C=O) groups excluding carboxylic acids is 1. The topological polar surface area (TPSA) is 35.5 Å². The van der Waals surface area contributed by atoms with E-state index in [1.54, 1.807) is 31.2 Å². The molecule has 1 atom stereocenters. The number of halogens is 5. The maximum absolute atomic E-state index is 14.6. The molecule has 0 N–H and O–H groups in total. The number of unbranched alkanes of at least 4 members (excludes halogenated alkanes) is 1. The molecule has 2 rings (SSSR count). The average molecular weight is 458 g/mol. The molecular formula is C24H27F5O3.